The van der Waals surface area contributed by atoms with Crippen LogP contribution in [0.5, 0.6) is 0 Å². The lowest BCUT2D eigenvalue weighted by Gasteiger charge is -2.12. The average molecular weight is 294 g/mol. The number of carbonyl (C=O) groups excluding carboxylic acids is 1. The van der Waals surface area contributed by atoms with Gasteiger partial charge in [0.25, 0.3) is 0 Å². The molecule has 0 spiro atoms. The number of hydrogen-bond donors (Lipinski definition) is 3. The number of carboxylic acid groups (broad SMARTS) is 1. The Morgan fingerprint density at radius 3 is 2.71 bits per heavy atom. The van der Waals surface area contributed by atoms with Crippen LogP contribution in [0, 0.1) is 5.92 Å². The maximum atomic E-state index is 11.8. The molecule has 0 fully saturated rings. The third-order valence-corrected chi connectivity index (χ3v) is 3.09. The van der Waals surface area contributed by atoms with Gasteiger partial charge >= 0.3 is 12.0 Å². The van der Waals surface area contributed by atoms with Crippen molar-refractivity contribution in [3.05, 3.63) is 29.8 Å². The van der Waals surface area contributed by atoms with E-state index in [2.05, 4.69) is 10.6 Å². The van der Waals surface area contributed by atoms with Crippen molar-refractivity contribution in [2.24, 2.45) is 5.92 Å². The van der Waals surface area contributed by atoms with E-state index in [0.717, 1.165) is 5.56 Å². The minimum absolute atomic E-state index is 0.304. The number of aliphatic carboxylic acids is 1. The van der Waals surface area contributed by atoms with Crippen molar-refractivity contribution in [2.75, 3.05) is 19.0 Å². The maximum Gasteiger partial charge on any atom is 0.319 e. The van der Waals surface area contributed by atoms with E-state index in [9.17, 15) is 9.59 Å². The Morgan fingerprint density at radius 1 is 1.33 bits per heavy atom. The highest BCUT2D eigenvalue weighted by atomic mass is 16.5. The van der Waals surface area contributed by atoms with Crippen molar-refractivity contribution in [1.29, 1.82) is 0 Å². The summed E-state index contributed by atoms with van der Waals surface area (Å²) in [5.41, 5.74) is 1.60. The molecule has 1 aromatic rings. The molecule has 1 aromatic carbocycles. The molecule has 6 nitrogen and oxygen atoms in total. The Hall–Kier alpha value is -2.08. The van der Waals surface area contributed by atoms with Gasteiger partial charge in [0, 0.05) is 24.9 Å². The van der Waals surface area contributed by atoms with Crippen LogP contribution < -0.4 is 10.6 Å². The largest absolute Gasteiger partial charge is 0.481 e. The zero-order valence-electron chi connectivity index (χ0n) is 12.4. The van der Waals surface area contributed by atoms with Crippen LogP contribution in [-0.4, -0.2) is 30.8 Å². The summed E-state index contributed by atoms with van der Waals surface area (Å²) in [5.74, 6) is -1.20. The first kappa shape index (κ1) is 17.0. The summed E-state index contributed by atoms with van der Waals surface area (Å²) in [6.07, 6.45) is 1.16. The fourth-order valence-corrected chi connectivity index (χ4v) is 1.82. The Balaban J connectivity index is 2.35. The van der Waals surface area contributed by atoms with Crippen LogP contribution in [-0.2, 0) is 16.1 Å². The Labute approximate surface area is 124 Å². The van der Waals surface area contributed by atoms with E-state index in [0.29, 0.717) is 31.7 Å². The highest BCUT2D eigenvalue weighted by Crippen LogP contribution is 2.15. The molecular weight excluding hydrogens is 272 g/mol. The third kappa shape index (κ3) is 6.27. The summed E-state index contributed by atoms with van der Waals surface area (Å²) in [5, 5.41) is 14.2. The number of rotatable bonds is 8. The number of nitrogens with one attached hydrogen (secondary N) is 2. The summed E-state index contributed by atoms with van der Waals surface area (Å²) in [6.45, 7) is 2.52. The highest BCUT2D eigenvalue weighted by Gasteiger charge is 2.10. The molecule has 0 saturated heterocycles. The van der Waals surface area contributed by atoms with Crippen LogP contribution in [0.25, 0.3) is 0 Å². The van der Waals surface area contributed by atoms with E-state index in [1.54, 1.807) is 20.1 Å². The van der Waals surface area contributed by atoms with Crippen molar-refractivity contribution in [2.45, 2.75) is 26.4 Å². The van der Waals surface area contributed by atoms with E-state index in [4.69, 9.17) is 9.84 Å². The zero-order valence-corrected chi connectivity index (χ0v) is 12.4. The van der Waals surface area contributed by atoms with Gasteiger partial charge in [0.2, 0.25) is 0 Å². The minimum atomic E-state index is -0.812. The number of methoxy groups -OCH3 is 1. The fourth-order valence-electron chi connectivity index (χ4n) is 1.82. The lowest BCUT2D eigenvalue weighted by molar-refractivity contribution is -0.141. The summed E-state index contributed by atoms with van der Waals surface area (Å²) in [7, 11) is 1.60. The predicted octanol–water partition coefficient (Wildman–Crippen LogP) is 2.46. The number of urea groups is 1. The summed E-state index contributed by atoms with van der Waals surface area (Å²) in [4.78, 5) is 22.4. The summed E-state index contributed by atoms with van der Waals surface area (Å²) < 4.78 is 5.07. The molecule has 1 unspecified atom stereocenters. The topological polar surface area (TPSA) is 87.7 Å². The van der Waals surface area contributed by atoms with Crippen LogP contribution in [0.1, 0.15) is 25.3 Å². The number of amides is 2. The Kier molecular flexibility index (Phi) is 7.25. The molecular formula is C15H22N2O4. The second-order valence-electron chi connectivity index (χ2n) is 4.85. The number of para-hydroxylation sites is 1. The van der Waals surface area contributed by atoms with Crippen molar-refractivity contribution in [3.63, 3.8) is 0 Å². The van der Waals surface area contributed by atoms with Crippen LogP contribution >= 0.6 is 0 Å². The van der Waals surface area contributed by atoms with E-state index in [-0.39, 0.29) is 6.03 Å². The summed E-state index contributed by atoms with van der Waals surface area (Å²) >= 11 is 0. The molecule has 0 aliphatic rings. The highest BCUT2D eigenvalue weighted by molar-refractivity contribution is 5.90. The molecule has 3 N–H and O–H groups in total. The Bertz CT molecular complexity index is 476. The van der Waals surface area contributed by atoms with Gasteiger partial charge in [0.15, 0.2) is 0 Å². The van der Waals surface area contributed by atoms with E-state index < -0.39 is 11.9 Å². The normalized spacial score (nSPS) is 11.7. The molecule has 0 aliphatic heterocycles. The molecule has 2 amide bonds. The molecule has 1 atom stereocenters. The van der Waals surface area contributed by atoms with Gasteiger partial charge in [-0.05, 0) is 18.9 Å². The van der Waals surface area contributed by atoms with Gasteiger partial charge in [-0.15, -0.1) is 0 Å². The van der Waals surface area contributed by atoms with Gasteiger partial charge in [-0.1, -0.05) is 25.1 Å². The Morgan fingerprint density at radius 2 is 2.05 bits per heavy atom. The van der Waals surface area contributed by atoms with E-state index in [1.807, 2.05) is 18.2 Å². The fraction of sp³-hybridized carbons (Fsp3) is 0.467. The molecule has 6 heteroatoms. The smallest absolute Gasteiger partial charge is 0.319 e. The monoisotopic (exact) mass is 294 g/mol. The van der Waals surface area contributed by atoms with Crippen molar-refractivity contribution in [3.8, 4) is 0 Å². The molecule has 0 bridgehead atoms. The number of carboxylic acids is 1. The second-order valence-corrected chi connectivity index (χ2v) is 4.85. The quantitative estimate of drug-likeness (QED) is 0.643. The van der Waals surface area contributed by atoms with Crippen LogP contribution in [0.4, 0.5) is 10.5 Å². The van der Waals surface area contributed by atoms with Gasteiger partial charge in [-0.25, -0.2) is 4.79 Å². The molecule has 0 aromatic heterocycles. The van der Waals surface area contributed by atoms with Gasteiger partial charge in [0.1, 0.15) is 0 Å². The number of benzene rings is 1. The zero-order chi connectivity index (χ0) is 15.7. The van der Waals surface area contributed by atoms with Gasteiger partial charge in [-0.3, -0.25) is 4.79 Å². The predicted molar refractivity (Wildman–Crippen MR) is 80.2 cm³/mol. The first-order valence-electron chi connectivity index (χ1n) is 6.89. The summed E-state index contributed by atoms with van der Waals surface area (Å²) in [6, 6.07) is 7.10. The van der Waals surface area contributed by atoms with E-state index in [1.165, 1.54) is 0 Å². The molecule has 1 rings (SSSR count). The number of carbonyl (C=O) groups is 2. The molecule has 21 heavy (non-hydrogen) atoms. The van der Waals surface area contributed by atoms with Crippen molar-refractivity contribution >= 4 is 17.7 Å². The molecule has 0 heterocycles. The minimum Gasteiger partial charge on any atom is -0.481 e. The van der Waals surface area contributed by atoms with Gasteiger partial charge in [0.05, 0.1) is 12.5 Å². The average Bonchev–Trinajstić information content (AvgIpc) is 2.45. The van der Waals surface area contributed by atoms with Crippen LogP contribution in [0.3, 0.4) is 0 Å². The molecule has 116 valence electrons. The first-order chi connectivity index (χ1) is 10.0. The lowest BCUT2D eigenvalue weighted by Crippen LogP contribution is -2.30. The van der Waals surface area contributed by atoms with Gasteiger partial charge < -0.3 is 20.5 Å². The maximum absolute atomic E-state index is 11.8. The second kappa shape index (κ2) is 8.97. The molecule has 0 saturated carbocycles. The standard InChI is InChI=1S/C15H22N2O4/c1-11(14(18)19)6-5-9-16-15(20)17-13-8-4-3-7-12(13)10-21-2/h3-4,7-8,11H,5-6,9-10H2,1-2H3,(H,18,19)(H2,16,17,20). The number of anilines is 1. The molecule has 0 aliphatic carbocycles. The van der Waals surface area contributed by atoms with Crippen molar-refractivity contribution < 1.29 is 19.4 Å². The SMILES string of the molecule is COCc1ccccc1NC(=O)NCCCC(C)C(=O)O. The van der Waals surface area contributed by atoms with Crippen LogP contribution in [0.2, 0.25) is 0 Å². The van der Waals surface area contributed by atoms with Gasteiger partial charge in [-0.2, -0.15) is 0 Å². The number of hydrogen-bond acceptors (Lipinski definition) is 3. The molecule has 0 radical (unpaired) electrons. The van der Waals surface area contributed by atoms with Crippen molar-refractivity contribution in [1.82, 2.24) is 5.32 Å². The van der Waals surface area contributed by atoms with E-state index >= 15 is 0 Å². The lowest BCUT2D eigenvalue weighted by atomic mass is 10.1. The first-order valence-corrected chi connectivity index (χ1v) is 6.89. The van der Waals surface area contributed by atoms with Crippen LogP contribution in [0.15, 0.2) is 24.3 Å². The number of ether oxygens (including phenoxy) is 1. The third-order valence-electron chi connectivity index (χ3n) is 3.09.